The minimum absolute atomic E-state index is 0.100. The quantitative estimate of drug-likeness (QED) is 0.845. The molecule has 0 spiro atoms. The van der Waals surface area contributed by atoms with Gasteiger partial charge in [0.25, 0.3) is 0 Å². The molecule has 1 aromatic carbocycles. The third-order valence-corrected chi connectivity index (χ3v) is 2.64. The summed E-state index contributed by atoms with van der Waals surface area (Å²) in [6, 6.07) is 6.87. The molecule has 0 fully saturated rings. The molecule has 0 aliphatic rings. The number of pyridine rings is 1. The van der Waals surface area contributed by atoms with Crippen molar-refractivity contribution >= 4 is 17.6 Å². The maximum atomic E-state index is 13.1. The standard InChI is InChI=1S/C13H9ClFNO2/c1-7-4-8(5-12(14)16-7)10-3-2-9(15)6-11(10)13(17)18/h2-6H,1H3,(H,17,18). The van der Waals surface area contributed by atoms with E-state index in [1.807, 2.05) is 0 Å². The smallest absolute Gasteiger partial charge is 0.336 e. The number of aromatic carboxylic acids is 1. The molecule has 2 aromatic rings. The first-order valence-electron chi connectivity index (χ1n) is 5.15. The van der Waals surface area contributed by atoms with Crippen LogP contribution in [0.4, 0.5) is 4.39 Å². The monoisotopic (exact) mass is 265 g/mol. The Morgan fingerprint density at radius 1 is 1.33 bits per heavy atom. The molecule has 0 saturated heterocycles. The van der Waals surface area contributed by atoms with E-state index in [0.29, 0.717) is 16.8 Å². The van der Waals surface area contributed by atoms with E-state index in [-0.39, 0.29) is 10.7 Å². The predicted molar refractivity (Wildman–Crippen MR) is 66.3 cm³/mol. The van der Waals surface area contributed by atoms with Crippen LogP contribution < -0.4 is 0 Å². The summed E-state index contributed by atoms with van der Waals surface area (Å²) in [5.41, 5.74) is 1.58. The summed E-state index contributed by atoms with van der Waals surface area (Å²) in [7, 11) is 0. The lowest BCUT2D eigenvalue weighted by Crippen LogP contribution is -2.01. The number of halogens is 2. The molecule has 0 radical (unpaired) electrons. The number of carbonyl (C=O) groups is 1. The Kier molecular flexibility index (Phi) is 3.30. The Labute approximate surface area is 108 Å². The molecule has 0 bridgehead atoms. The summed E-state index contributed by atoms with van der Waals surface area (Å²) in [5, 5.41) is 9.34. The van der Waals surface area contributed by atoms with Crippen molar-refractivity contribution in [3.8, 4) is 11.1 Å². The lowest BCUT2D eigenvalue weighted by Gasteiger charge is -2.07. The lowest BCUT2D eigenvalue weighted by molar-refractivity contribution is 0.0697. The third kappa shape index (κ3) is 2.49. The third-order valence-electron chi connectivity index (χ3n) is 2.45. The minimum atomic E-state index is -1.19. The molecule has 1 heterocycles. The van der Waals surface area contributed by atoms with Gasteiger partial charge in [-0.25, -0.2) is 14.2 Å². The zero-order chi connectivity index (χ0) is 13.3. The number of carboxylic acid groups (broad SMARTS) is 1. The van der Waals surface area contributed by atoms with Crippen molar-refractivity contribution in [2.45, 2.75) is 6.92 Å². The lowest BCUT2D eigenvalue weighted by atomic mass is 10.00. The van der Waals surface area contributed by atoms with Gasteiger partial charge in [-0.3, -0.25) is 0 Å². The highest BCUT2D eigenvalue weighted by Crippen LogP contribution is 2.27. The molecule has 0 aliphatic carbocycles. The fourth-order valence-electron chi connectivity index (χ4n) is 1.73. The van der Waals surface area contributed by atoms with Gasteiger partial charge < -0.3 is 5.11 Å². The molecule has 3 nitrogen and oxygen atoms in total. The first kappa shape index (κ1) is 12.5. The number of nitrogens with zero attached hydrogens (tertiary/aromatic N) is 1. The average molecular weight is 266 g/mol. The summed E-state index contributed by atoms with van der Waals surface area (Å²) in [6.07, 6.45) is 0. The van der Waals surface area contributed by atoms with E-state index in [9.17, 15) is 9.18 Å². The summed E-state index contributed by atoms with van der Waals surface area (Å²) in [6.45, 7) is 1.75. The van der Waals surface area contributed by atoms with Crippen LogP contribution in [-0.2, 0) is 0 Å². The van der Waals surface area contributed by atoms with Gasteiger partial charge in [0, 0.05) is 5.69 Å². The summed E-state index contributed by atoms with van der Waals surface area (Å²) in [4.78, 5) is 15.1. The number of carboxylic acids is 1. The van der Waals surface area contributed by atoms with E-state index in [1.54, 1.807) is 19.1 Å². The van der Waals surface area contributed by atoms with Crippen LogP contribution in [0, 0.1) is 12.7 Å². The largest absolute Gasteiger partial charge is 0.478 e. The molecule has 0 saturated carbocycles. The van der Waals surface area contributed by atoms with Crippen LogP contribution in [0.5, 0.6) is 0 Å². The SMILES string of the molecule is Cc1cc(-c2ccc(F)cc2C(=O)O)cc(Cl)n1. The zero-order valence-electron chi connectivity index (χ0n) is 9.45. The van der Waals surface area contributed by atoms with Crippen molar-refractivity contribution in [2.75, 3.05) is 0 Å². The van der Waals surface area contributed by atoms with Gasteiger partial charge in [-0.2, -0.15) is 0 Å². The molecule has 0 aliphatic heterocycles. The Balaban J connectivity index is 2.66. The topological polar surface area (TPSA) is 50.2 Å². The molecule has 5 heteroatoms. The van der Waals surface area contributed by atoms with E-state index in [1.165, 1.54) is 12.1 Å². The van der Waals surface area contributed by atoms with Crippen molar-refractivity contribution < 1.29 is 14.3 Å². The van der Waals surface area contributed by atoms with Gasteiger partial charge in [0.05, 0.1) is 5.56 Å². The summed E-state index contributed by atoms with van der Waals surface area (Å²) in [5.74, 6) is -1.77. The van der Waals surface area contributed by atoms with E-state index in [0.717, 1.165) is 6.07 Å². The molecule has 92 valence electrons. The molecular formula is C13H9ClFNO2. The first-order chi connectivity index (χ1) is 8.47. The average Bonchev–Trinajstić information content (AvgIpc) is 2.27. The second-order valence-corrected chi connectivity index (χ2v) is 4.20. The molecular weight excluding hydrogens is 257 g/mol. The zero-order valence-corrected chi connectivity index (χ0v) is 10.2. The molecule has 0 atom stereocenters. The molecule has 2 rings (SSSR count). The minimum Gasteiger partial charge on any atom is -0.478 e. The van der Waals surface area contributed by atoms with Crippen molar-refractivity contribution in [1.29, 1.82) is 0 Å². The van der Waals surface area contributed by atoms with Gasteiger partial charge in [-0.05, 0) is 42.3 Å². The molecule has 0 unspecified atom stereocenters. The van der Waals surface area contributed by atoms with Gasteiger partial charge in [-0.1, -0.05) is 17.7 Å². The van der Waals surface area contributed by atoms with Gasteiger partial charge in [-0.15, -0.1) is 0 Å². The van der Waals surface area contributed by atoms with Crippen LogP contribution in [0.15, 0.2) is 30.3 Å². The molecule has 0 amide bonds. The second kappa shape index (κ2) is 4.74. The van der Waals surface area contributed by atoms with Crippen molar-refractivity contribution in [2.24, 2.45) is 0 Å². The van der Waals surface area contributed by atoms with Gasteiger partial charge in [0.1, 0.15) is 11.0 Å². The van der Waals surface area contributed by atoms with E-state index >= 15 is 0 Å². The predicted octanol–water partition coefficient (Wildman–Crippen LogP) is 3.55. The van der Waals surface area contributed by atoms with Crippen LogP contribution in [0.25, 0.3) is 11.1 Å². The van der Waals surface area contributed by atoms with E-state index < -0.39 is 11.8 Å². The summed E-state index contributed by atoms with van der Waals surface area (Å²) >= 11 is 5.83. The first-order valence-corrected chi connectivity index (χ1v) is 5.52. The van der Waals surface area contributed by atoms with Gasteiger partial charge >= 0.3 is 5.97 Å². The Morgan fingerprint density at radius 3 is 2.67 bits per heavy atom. The number of aryl methyl sites for hydroxylation is 1. The van der Waals surface area contributed by atoms with Crippen LogP contribution >= 0.6 is 11.6 Å². The highest BCUT2D eigenvalue weighted by atomic mass is 35.5. The Bertz CT molecular complexity index is 608. The number of rotatable bonds is 2. The Morgan fingerprint density at radius 2 is 2.06 bits per heavy atom. The molecule has 18 heavy (non-hydrogen) atoms. The van der Waals surface area contributed by atoms with Crippen LogP contribution in [0.2, 0.25) is 5.15 Å². The highest BCUT2D eigenvalue weighted by Gasteiger charge is 2.13. The maximum absolute atomic E-state index is 13.1. The number of benzene rings is 1. The Hall–Kier alpha value is -1.94. The second-order valence-electron chi connectivity index (χ2n) is 3.81. The van der Waals surface area contributed by atoms with E-state index in [2.05, 4.69) is 4.98 Å². The van der Waals surface area contributed by atoms with Crippen molar-refractivity contribution in [3.63, 3.8) is 0 Å². The van der Waals surface area contributed by atoms with Gasteiger partial charge in [0.2, 0.25) is 0 Å². The van der Waals surface area contributed by atoms with E-state index in [4.69, 9.17) is 16.7 Å². The van der Waals surface area contributed by atoms with Crippen LogP contribution in [0.3, 0.4) is 0 Å². The van der Waals surface area contributed by atoms with Crippen molar-refractivity contribution in [3.05, 3.63) is 52.6 Å². The fourth-order valence-corrected chi connectivity index (χ4v) is 1.98. The summed E-state index contributed by atoms with van der Waals surface area (Å²) < 4.78 is 13.1. The van der Waals surface area contributed by atoms with Crippen LogP contribution in [-0.4, -0.2) is 16.1 Å². The van der Waals surface area contributed by atoms with Crippen LogP contribution in [0.1, 0.15) is 16.1 Å². The normalized spacial score (nSPS) is 10.4. The molecule has 1 N–H and O–H groups in total. The molecule has 1 aromatic heterocycles. The fraction of sp³-hybridized carbons (Fsp3) is 0.0769. The van der Waals surface area contributed by atoms with Crippen molar-refractivity contribution in [1.82, 2.24) is 4.98 Å². The highest BCUT2D eigenvalue weighted by molar-refractivity contribution is 6.29. The number of hydrogen-bond donors (Lipinski definition) is 1. The number of hydrogen-bond acceptors (Lipinski definition) is 2. The number of aromatic nitrogens is 1. The maximum Gasteiger partial charge on any atom is 0.336 e. The van der Waals surface area contributed by atoms with Gasteiger partial charge in [0.15, 0.2) is 0 Å².